The van der Waals surface area contributed by atoms with Gasteiger partial charge in [0.15, 0.2) is 0 Å². The van der Waals surface area contributed by atoms with E-state index in [9.17, 15) is 4.79 Å². The molecule has 1 N–H and O–H groups in total. The van der Waals surface area contributed by atoms with E-state index in [0.29, 0.717) is 13.2 Å². The second-order valence-corrected chi connectivity index (χ2v) is 4.37. The van der Waals surface area contributed by atoms with E-state index in [1.54, 1.807) is 0 Å². The molecule has 94 valence electrons. The molecule has 0 spiro atoms. The number of benzene rings is 1. The average molecular weight is 244 g/mol. The fraction of sp³-hybridized carbons (Fsp3) is 0.429. The maximum absolute atomic E-state index is 12.0. The number of ether oxygens (including phenoxy) is 1. The van der Waals surface area contributed by atoms with E-state index < -0.39 is 6.04 Å². The summed E-state index contributed by atoms with van der Waals surface area (Å²) in [5, 5.41) is 11.9. The molecule has 18 heavy (non-hydrogen) atoms. The summed E-state index contributed by atoms with van der Waals surface area (Å²) in [6.07, 6.45) is 1.47. The van der Waals surface area contributed by atoms with E-state index in [-0.39, 0.29) is 11.8 Å². The van der Waals surface area contributed by atoms with Gasteiger partial charge in [-0.05, 0) is 18.4 Å². The van der Waals surface area contributed by atoms with Crippen molar-refractivity contribution in [2.75, 3.05) is 13.2 Å². The number of carbonyl (C=O) groups is 1. The van der Waals surface area contributed by atoms with Crippen molar-refractivity contribution >= 4 is 5.91 Å². The summed E-state index contributed by atoms with van der Waals surface area (Å²) < 4.78 is 5.22. The predicted molar refractivity (Wildman–Crippen MR) is 66.5 cm³/mol. The van der Waals surface area contributed by atoms with Crippen LogP contribution < -0.4 is 5.32 Å². The monoisotopic (exact) mass is 244 g/mol. The first-order valence-electron chi connectivity index (χ1n) is 6.14. The molecule has 0 radical (unpaired) electrons. The molecule has 2 rings (SSSR count). The van der Waals surface area contributed by atoms with Gasteiger partial charge in [0.1, 0.15) is 6.04 Å². The zero-order valence-electron chi connectivity index (χ0n) is 10.1. The SMILES string of the molecule is N#CC(NC(=O)C1CCOCC1)c1ccccc1. The summed E-state index contributed by atoms with van der Waals surface area (Å²) in [7, 11) is 0. The standard InChI is InChI=1S/C14H16N2O2/c15-10-13(11-4-2-1-3-5-11)16-14(17)12-6-8-18-9-7-12/h1-5,12-13H,6-9H2,(H,16,17). The van der Waals surface area contributed by atoms with E-state index in [1.165, 1.54) is 0 Å². The van der Waals surface area contributed by atoms with Gasteiger partial charge in [0, 0.05) is 19.1 Å². The van der Waals surface area contributed by atoms with Gasteiger partial charge in [-0.1, -0.05) is 30.3 Å². The van der Waals surface area contributed by atoms with Gasteiger partial charge in [0.25, 0.3) is 0 Å². The molecule has 4 heteroatoms. The van der Waals surface area contributed by atoms with Crippen LogP contribution in [0.5, 0.6) is 0 Å². The predicted octanol–water partition coefficient (Wildman–Crippen LogP) is 1.79. The first kappa shape index (κ1) is 12.6. The summed E-state index contributed by atoms with van der Waals surface area (Å²) in [4.78, 5) is 12.0. The lowest BCUT2D eigenvalue weighted by Crippen LogP contribution is -2.36. The molecule has 1 saturated heterocycles. The summed E-state index contributed by atoms with van der Waals surface area (Å²) in [5.74, 6) is -0.0768. The Morgan fingerprint density at radius 3 is 2.61 bits per heavy atom. The van der Waals surface area contributed by atoms with Gasteiger partial charge in [-0.3, -0.25) is 4.79 Å². The summed E-state index contributed by atoms with van der Waals surface area (Å²) in [6.45, 7) is 1.25. The summed E-state index contributed by atoms with van der Waals surface area (Å²) >= 11 is 0. The number of hydrogen-bond donors (Lipinski definition) is 1. The van der Waals surface area contributed by atoms with Gasteiger partial charge in [-0.25, -0.2) is 0 Å². The van der Waals surface area contributed by atoms with Crippen LogP contribution in [0, 0.1) is 17.2 Å². The summed E-state index contributed by atoms with van der Waals surface area (Å²) in [6, 6.07) is 10.9. The Morgan fingerprint density at radius 2 is 2.00 bits per heavy atom. The Bertz CT molecular complexity index is 433. The van der Waals surface area contributed by atoms with Gasteiger partial charge in [0.2, 0.25) is 5.91 Å². The number of nitriles is 1. The van der Waals surface area contributed by atoms with E-state index in [4.69, 9.17) is 10.00 Å². The fourth-order valence-corrected chi connectivity index (χ4v) is 2.06. The van der Waals surface area contributed by atoms with Gasteiger partial charge >= 0.3 is 0 Å². The molecule has 1 heterocycles. The lowest BCUT2D eigenvalue weighted by Gasteiger charge is -2.22. The number of nitrogens with zero attached hydrogens (tertiary/aromatic N) is 1. The van der Waals surface area contributed by atoms with Gasteiger partial charge < -0.3 is 10.1 Å². The minimum absolute atomic E-state index is 0.0293. The minimum atomic E-state index is -0.568. The van der Waals surface area contributed by atoms with Gasteiger partial charge in [-0.15, -0.1) is 0 Å². The number of amides is 1. The topological polar surface area (TPSA) is 62.1 Å². The Hall–Kier alpha value is -1.86. The number of nitrogens with one attached hydrogen (secondary N) is 1. The molecule has 1 unspecified atom stereocenters. The molecular weight excluding hydrogens is 228 g/mol. The van der Waals surface area contributed by atoms with Crippen LogP contribution in [0.2, 0.25) is 0 Å². The molecule has 0 saturated carbocycles. The highest BCUT2D eigenvalue weighted by Crippen LogP contribution is 2.17. The maximum Gasteiger partial charge on any atom is 0.224 e. The molecule has 1 atom stereocenters. The van der Waals surface area contributed by atoms with Crippen LogP contribution in [0.4, 0.5) is 0 Å². The smallest absolute Gasteiger partial charge is 0.224 e. The van der Waals surface area contributed by atoms with Crippen molar-refractivity contribution in [2.24, 2.45) is 5.92 Å². The van der Waals surface area contributed by atoms with E-state index in [1.807, 2.05) is 30.3 Å². The van der Waals surface area contributed by atoms with Crippen LogP contribution in [-0.4, -0.2) is 19.1 Å². The third-order valence-electron chi connectivity index (χ3n) is 3.14. The average Bonchev–Trinajstić information content (AvgIpc) is 2.46. The maximum atomic E-state index is 12.0. The Kier molecular flexibility index (Phi) is 4.32. The van der Waals surface area contributed by atoms with Crippen molar-refractivity contribution in [1.29, 1.82) is 5.26 Å². The summed E-state index contributed by atoms with van der Waals surface area (Å²) in [5.41, 5.74) is 0.820. The molecule has 0 aliphatic carbocycles. The Labute approximate surface area is 107 Å². The quantitative estimate of drug-likeness (QED) is 0.881. The van der Waals surface area contributed by atoms with Crippen LogP contribution in [0.3, 0.4) is 0 Å². The Morgan fingerprint density at radius 1 is 1.33 bits per heavy atom. The molecule has 1 aliphatic heterocycles. The zero-order valence-corrected chi connectivity index (χ0v) is 10.1. The first-order valence-corrected chi connectivity index (χ1v) is 6.14. The number of rotatable bonds is 3. The molecule has 1 aromatic rings. The van der Waals surface area contributed by atoms with Crippen molar-refractivity contribution in [2.45, 2.75) is 18.9 Å². The van der Waals surface area contributed by atoms with Crippen LogP contribution in [0.25, 0.3) is 0 Å². The normalized spacial score (nSPS) is 17.7. The van der Waals surface area contributed by atoms with Gasteiger partial charge in [0.05, 0.1) is 6.07 Å². The van der Waals surface area contributed by atoms with Crippen molar-refractivity contribution in [3.63, 3.8) is 0 Å². The molecular formula is C14H16N2O2. The molecule has 0 bridgehead atoms. The van der Waals surface area contributed by atoms with E-state index in [0.717, 1.165) is 18.4 Å². The van der Waals surface area contributed by atoms with Crippen molar-refractivity contribution in [3.05, 3.63) is 35.9 Å². The Balaban J connectivity index is 1.98. The zero-order chi connectivity index (χ0) is 12.8. The minimum Gasteiger partial charge on any atom is -0.381 e. The third kappa shape index (κ3) is 3.08. The molecule has 1 aliphatic rings. The highest BCUT2D eigenvalue weighted by atomic mass is 16.5. The molecule has 1 amide bonds. The molecule has 0 aromatic heterocycles. The third-order valence-corrected chi connectivity index (χ3v) is 3.14. The van der Waals surface area contributed by atoms with Crippen molar-refractivity contribution in [3.8, 4) is 6.07 Å². The van der Waals surface area contributed by atoms with Crippen molar-refractivity contribution < 1.29 is 9.53 Å². The first-order chi connectivity index (χ1) is 8.81. The highest BCUT2D eigenvalue weighted by molar-refractivity contribution is 5.79. The van der Waals surface area contributed by atoms with Crippen LogP contribution in [-0.2, 0) is 9.53 Å². The van der Waals surface area contributed by atoms with Gasteiger partial charge in [-0.2, -0.15) is 5.26 Å². The van der Waals surface area contributed by atoms with Crippen molar-refractivity contribution in [1.82, 2.24) is 5.32 Å². The second-order valence-electron chi connectivity index (χ2n) is 4.37. The number of carbonyl (C=O) groups excluding carboxylic acids is 1. The molecule has 4 nitrogen and oxygen atoms in total. The van der Waals surface area contributed by atoms with E-state index >= 15 is 0 Å². The fourth-order valence-electron chi connectivity index (χ4n) is 2.06. The lowest BCUT2D eigenvalue weighted by atomic mass is 9.98. The largest absolute Gasteiger partial charge is 0.381 e. The lowest BCUT2D eigenvalue weighted by molar-refractivity contribution is -0.128. The van der Waals surface area contributed by atoms with Crippen LogP contribution in [0.15, 0.2) is 30.3 Å². The highest BCUT2D eigenvalue weighted by Gasteiger charge is 2.24. The second kappa shape index (κ2) is 6.18. The molecule has 1 fully saturated rings. The van der Waals surface area contributed by atoms with E-state index in [2.05, 4.69) is 11.4 Å². The number of hydrogen-bond acceptors (Lipinski definition) is 3. The van der Waals surface area contributed by atoms with Crippen LogP contribution >= 0.6 is 0 Å². The molecule has 1 aromatic carbocycles. The van der Waals surface area contributed by atoms with Crippen LogP contribution in [0.1, 0.15) is 24.4 Å².